The van der Waals surface area contributed by atoms with Gasteiger partial charge in [0.25, 0.3) is 0 Å². The van der Waals surface area contributed by atoms with Crippen molar-refractivity contribution in [2.24, 2.45) is 5.92 Å². The van der Waals surface area contributed by atoms with Gasteiger partial charge in [0.05, 0.1) is 0 Å². The van der Waals surface area contributed by atoms with Crippen molar-refractivity contribution in [1.82, 2.24) is 0 Å². The monoisotopic (exact) mass is 779 g/mol. The van der Waals surface area contributed by atoms with Crippen LogP contribution in [0.15, 0.2) is 0 Å². The van der Waals surface area contributed by atoms with Crippen LogP contribution in [0.1, 0.15) is 272 Å². The Hall–Kier alpha value is -1.59. The van der Waals surface area contributed by atoms with Gasteiger partial charge >= 0.3 is 17.9 Å². The van der Waals surface area contributed by atoms with Gasteiger partial charge < -0.3 is 14.2 Å². The maximum absolute atomic E-state index is 12.7. The Morgan fingerprint density at radius 3 is 0.891 bits per heavy atom. The number of esters is 3. The number of unbranched alkanes of at least 4 members (excludes halogenated alkanes) is 31. The Labute approximate surface area is 342 Å². The molecule has 0 spiro atoms. The van der Waals surface area contributed by atoms with Crippen LogP contribution < -0.4 is 0 Å². The fourth-order valence-corrected chi connectivity index (χ4v) is 7.33. The van der Waals surface area contributed by atoms with Crippen molar-refractivity contribution >= 4 is 17.9 Å². The summed E-state index contributed by atoms with van der Waals surface area (Å²) >= 11 is 0. The van der Waals surface area contributed by atoms with Gasteiger partial charge in [-0.3, -0.25) is 14.4 Å². The first-order valence-corrected chi connectivity index (χ1v) is 24.4. The Morgan fingerprint density at radius 2 is 0.600 bits per heavy atom. The molecule has 0 rings (SSSR count). The summed E-state index contributed by atoms with van der Waals surface area (Å²) in [4.78, 5) is 37.6. The summed E-state index contributed by atoms with van der Waals surface area (Å²) < 4.78 is 16.7. The van der Waals surface area contributed by atoms with Crippen LogP contribution in [-0.4, -0.2) is 37.2 Å². The van der Waals surface area contributed by atoms with E-state index in [0.717, 1.165) is 70.1 Å². The number of hydrogen-bond donors (Lipinski definition) is 0. The largest absolute Gasteiger partial charge is 0.462 e. The van der Waals surface area contributed by atoms with Gasteiger partial charge in [0.1, 0.15) is 13.2 Å². The quantitative estimate of drug-likeness (QED) is 0.0348. The minimum atomic E-state index is -0.758. The van der Waals surface area contributed by atoms with E-state index in [-0.39, 0.29) is 31.1 Å². The zero-order chi connectivity index (χ0) is 40.3. The molecule has 6 nitrogen and oxygen atoms in total. The van der Waals surface area contributed by atoms with Crippen LogP contribution in [0.3, 0.4) is 0 Å². The molecule has 0 N–H and O–H groups in total. The van der Waals surface area contributed by atoms with Crippen LogP contribution in [-0.2, 0) is 28.6 Å². The molecule has 0 aromatic heterocycles. The molecule has 55 heavy (non-hydrogen) atoms. The van der Waals surface area contributed by atoms with Crippen molar-refractivity contribution in [2.75, 3.05) is 13.2 Å². The first-order chi connectivity index (χ1) is 26.9. The molecule has 0 aromatic rings. The lowest BCUT2D eigenvalue weighted by molar-refractivity contribution is -0.167. The minimum absolute atomic E-state index is 0.0642. The Balaban J connectivity index is 4.13. The second-order valence-electron chi connectivity index (χ2n) is 17.2. The van der Waals surface area contributed by atoms with E-state index in [1.807, 2.05) is 0 Å². The van der Waals surface area contributed by atoms with E-state index in [1.165, 1.54) is 161 Å². The lowest BCUT2D eigenvalue weighted by Crippen LogP contribution is -2.30. The number of hydrogen-bond acceptors (Lipinski definition) is 6. The highest BCUT2D eigenvalue weighted by atomic mass is 16.6. The fraction of sp³-hybridized carbons (Fsp3) is 0.939. The van der Waals surface area contributed by atoms with E-state index in [0.29, 0.717) is 19.3 Å². The summed E-state index contributed by atoms with van der Waals surface area (Å²) in [5.74, 6) is -0.0312. The van der Waals surface area contributed by atoms with Gasteiger partial charge in [-0.2, -0.15) is 0 Å². The topological polar surface area (TPSA) is 78.9 Å². The van der Waals surface area contributed by atoms with Crippen LogP contribution in [0.25, 0.3) is 0 Å². The van der Waals surface area contributed by atoms with Crippen molar-refractivity contribution < 1.29 is 28.6 Å². The van der Waals surface area contributed by atoms with Crippen LogP contribution in [0.2, 0.25) is 0 Å². The number of rotatable bonds is 44. The second-order valence-corrected chi connectivity index (χ2v) is 17.2. The first-order valence-electron chi connectivity index (χ1n) is 24.4. The summed E-state index contributed by atoms with van der Waals surface area (Å²) in [6.45, 7) is 8.94. The molecule has 1 atom stereocenters. The summed E-state index contributed by atoms with van der Waals surface area (Å²) in [6.07, 6.45) is 44.1. The van der Waals surface area contributed by atoms with E-state index < -0.39 is 6.10 Å². The highest BCUT2D eigenvalue weighted by Gasteiger charge is 2.19. The van der Waals surface area contributed by atoms with Gasteiger partial charge in [-0.1, -0.05) is 233 Å². The van der Waals surface area contributed by atoms with Gasteiger partial charge in [0.2, 0.25) is 0 Å². The average molecular weight is 779 g/mol. The highest BCUT2D eigenvalue weighted by molar-refractivity contribution is 5.71. The molecule has 0 saturated heterocycles. The molecule has 0 aromatic carbocycles. The van der Waals surface area contributed by atoms with Gasteiger partial charge in [-0.25, -0.2) is 0 Å². The third-order valence-corrected chi connectivity index (χ3v) is 11.0. The predicted molar refractivity (Wildman–Crippen MR) is 233 cm³/mol. The molecule has 0 amide bonds. The van der Waals surface area contributed by atoms with Crippen LogP contribution in [0.5, 0.6) is 0 Å². The Kier molecular flexibility index (Phi) is 42.3. The van der Waals surface area contributed by atoms with E-state index in [4.69, 9.17) is 14.2 Å². The maximum atomic E-state index is 12.7. The van der Waals surface area contributed by atoms with Crippen molar-refractivity contribution in [3.8, 4) is 0 Å². The summed E-state index contributed by atoms with van der Waals surface area (Å²) in [7, 11) is 0. The van der Waals surface area contributed by atoms with Gasteiger partial charge in [0, 0.05) is 19.3 Å². The molecule has 6 heteroatoms. The number of carbonyl (C=O) groups is 3. The van der Waals surface area contributed by atoms with Gasteiger partial charge in [-0.05, 0) is 25.2 Å². The average Bonchev–Trinajstić information content (AvgIpc) is 3.17. The third kappa shape index (κ3) is 43.4. The minimum Gasteiger partial charge on any atom is -0.462 e. The zero-order valence-electron chi connectivity index (χ0n) is 37.4. The third-order valence-electron chi connectivity index (χ3n) is 11.0. The maximum Gasteiger partial charge on any atom is 0.306 e. The highest BCUT2D eigenvalue weighted by Crippen LogP contribution is 2.17. The molecule has 0 aliphatic heterocycles. The van der Waals surface area contributed by atoms with Crippen LogP contribution >= 0.6 is 0 Å². The Bertz CT molecular complexity index is 826. The molecule has 0 bridgehead atoms. The zero-order valence-corrected chi connectivity index (χ0v) is 37.4. The molecular formula is C49H94O6. The van der Waals surface area contributed by atoms with Crippen LogP contribution in [0.4, 0.5) is 0 Å². The number of carbonyl (C=O) groups excluding carboxylic acids is 3. The molecule has 0 fully saturated rings. The van der Waals surface area contributed by atoms with Crippen molar-refractivity contribution in [2.45, 2.75) is 278 Å². The Morgan fingerprint density at radius 1 is 0.345 bits per heavy atom. The molecule has 0 saturated carbocycles. The standard InChI is InChI=1S/C49H94O6/c1-5-7-9-11-12-13-14-15-16-17-18-19-23-26-29-33-37-41-48(51)54-44-46(43-53-47(50)40-36-31-10-8-6-2)55-49(52)42-38-34-30-27-24-21-20-22-25-28-32-35-39-45(3)4/h45-46H,5-44H2,1-4H3/t46-/m1/s1. The molecule has 0 heterocycles. The lowest BCUT2D eigenvalue weighted by Gasteiger charge is -2.18. The smallest absolute Gasteiger partial charge is 0.306 e. The molecule has 0 aliphatic rings. The van der Waals surface area contributed by atoms with Crippen molar-refractivity contribution in [3.63, 3.8) is 0 Å². The van der Waals surface area contributed by atoms with Gasteiger partial charge in [0.15, 0.2) is 6.10 Å². The normalized spacial score (nSPS) is 11.9. The summed E-state index contributed by atoms with van der Waals surface area (Å²) in [5, 5.41) is 0. The molecule has 0 aliphatic carbocycles. The molecule has 326 valence electrons. The van der Waals surface area contributed by atoms with Crippen LogP contribution in [0, 0.1) is 5.92 Å². The van der Waals surface area contributed by atoms with Crippen molar-refractivity contribution in [3.05, 3.63) is 0 Å². The van der Waals surface area contributed by atoms with E-state index in [2.05, 4.69) is 27.7 Å². The fourth-order valence-electron chi connectivity index (χ4n) is 7.33. The molecule has 0 unspecified atom stereocenters. The SMILES string of the molecule is CCCCCCCCCCCCCCCCCCCC(=O)OC[C@@H](COC(=O)CCCCCCC)OC(=O)CCCCCCCCCCCCCCC(C)C. The molecular weight excluding hydrogens is 685 g/mol. The summed E-state index contributed by atoms with van der Waals surface area (Å²) in [5.41, 5.74) is 0. The second kappa shape index (κ2) is 43.5. The molecule has 0 radical (unpaired) electrons. The van der Waals surface area contributed by atoms with E-state index in [9.17, 15) is 14.4 Å². The number of ether oxygens (including phenoxy) is 3. The lowest BCUT2D eigenvalue weighted by atomic mass is 10.0. The van der Waals surface area contributed by atoms with Crippen molar-refractivity contribution in [1.29, 1.82) is 0 Å². The predicted octanol–water partition coefficient (Wildman–Crippen LogP) is 15.5. The first kappa shape index (κ1) is 53.4. The van der Waals surface area contributed by atoms with E-state index in [1.54, 1.807) is 0 Å². The summed E-state index contributed by atoms with van der Waals surface area (Å²) in [6, 6.07) is 0. The van der Waals surface area contributed by atoms with Gasteiger partial charge in [-0.15, -0.1) is 0 Å². The van der Waals surface area contributed by atoms with E-state index >= 15 is 0 Å².